The van der Waals surface area contributed by atoms with Crippen LogP contribution in [0.4, 0.5) is 0 Å². The summed E-state index contributed by atoms with van der Waals surface area (Å²) in [6.45, 7) is 0.824. The Bertz CT molecular complexity index is 589. The second kappa shape index (κ2) is 3.62. The summed E-state index contributed by atoms with van der Waals surface area (Å²) in [7, 11) is 0. The number of ether oxygens (including phenoxy) is 1. The van der Waals surface area contributed by atoms with E-state index < -0.39 is 5.97 Å². The molecule has 1 aromatic carbocycles. The monoisotopic (exact) mass is 230 g/mol. The molecule has 1 aromatic heterocycles. The largest absolute Gasteiger partial charge is 0.487 e. The molecule has 0 spiro atoms. The Kier molecular flexibility index (Phi) is 2.11. The van der Waals surface area contributed by atoms with E-state index in [1.54, 1.807) is 6.33 Å². The average molecular weight is 230 g/mol. The van der Waals surface area contributed by atoms with Crippen LogP contribution < -0.4 is 4.74 Å². The van der Waals surface area contributed by atoms with E-state index in [4.69, 9.17) is 9.84 Å². The maximum Gasteiger partial charge on any atom is 0.356 e. The fourth-order valence-corrected chi connectivity index (χ4v) is 1.98. The molecule has 0 saturated carbocycles. The zero-order valence-electron chi connectivity index (χ0n) is 8.96. The highest BCUT2D eigenvalue weighted by Crippen LogP contribution is 2.25. The molecule has 0 bridgehead atoms. The van der Waals surface area contributed by atoms with E-state index >= 15 is 0 Å². The number of nitrogens with zero attached hydrogens (tertiary/aromatic N) is 2. The Morgan fingerprint density at radius 2 is 2.24 bits per heavy atom. The number of para-hydroxylation sites is 1. The van der Waals surface area contributed by atoms with Crippen molar-refractivity contribution >= 4 is 5.97 Å². The molecule has 5 heteroatoms. The van der Waals surface area contributed by atoms with Gasteiger partial charge in [-0.05, 0) is 6.07 Å². The predicted octanol–water partition coefficient (Wildman–Crippen LogP) is 1.52. The van der Waals surface area contributed by atoms with Crippen LogP contribution in [-0.2, 0) is 13.2 Å². The highest BCUT2D eigenvalue weighted by molar-refractivity contribution is 5.86. The molecule has 0 atom stereocenters. The number of carbonyl (C=O) groups is 1. The lowest BCUT2D eigenvalue weighted by atomic mass is 10.2. The van der Waals surface area contributed by atoms with Crippen LogP contribution >= 0.6 is 0 Å². The number of aromatic carboxylic acids is 1. The number of aromatic nitrogens is 2. The van der Waals surface area contributed by atoms with Gasteiger partial charge in [0.1, 0.15) is 12.4 Å². The molecule has 1 aliphatic heterocycles. The van der Waals surface area contributed by atoms with Crippen LogP contribution in [0.25, 0.3) is 0 Å². The van der Waals surface area contributed by atoms with Crippen molar-refractivity contribution in [3.8, 4) is 5.75 Å². The number of rotatable bonds is 1. The van der Waals surface area contributed by atoms with Gasteiger partial charge in [0.25, 0.3) is 0 Å². The Morgan fingerprint density at radius 1 is 1.41 bits per heavy atom. The fourth-order valence-electron chi connectivity index (χ4n) is 1.98. The third-order valence-electron chi connectivity index (χ3n) is 2.83. The minimum atomic E-state index is -1.02. The summed E-state index contributed by atoms with van der Waals surface area (Å²) < 4.78 is 7.41. The SMILES string of the molecule is O=C(O)c1ncn2c1COc1ccccc1C2. The second-order valence-corrected chi connectivity index (χ2v) is 3.87. The van der Waals surface area contributed by atoms with Crippen molar-refractivity contribution in [1.29, 1.82) is 0 Å². The number of hydrogen-bond donors (Lipinski definition) is 1. The van der Waals surface area contributed by atoms with Crippen LogP contribution in [0.15, 0.2) is 30.6 Å². The molecule has 3 rings (SSSR count). The molecule has 1 N–H and O–H groups in total. The Morgan fingerprint density at radius 3 is 3.06 bits per heavy atom. The van der Waals surface area contributed by atoms with Gasteiger partial charge in [-0.25, -0.2) is 9.78 Å². The first-order chi connectivity index (χ1) is 8.25. The molecule has 5 nitrogen and oxygen atoms in total. The smallest absolute Gasteiger partial charge is 0.356 e. The van der Waals surface area contributed by atoms with Gasteiger partial charge in [-0.2, -0.15) is 0 Å². The van der Waals surface area contributed by atoms with E-state index in [9.17, 15) is 4.79 Å². The van der Waals surface area contributed by atoms with Crippen LogP contribution in [0, 0.1) is 0 Å². The zero-order valence-corrected chi connectivity index (χ0v) is 8.96. The van der Waals surface area contributed by atoms with Crippen molar-refractivity contribution < 1.29 is 14.6 Å². The van der Waals surface area contributed by atoms with Gasteiger partial charge in [-0.15, -0.1) is 0 Å². The lowest BCUT2D eigenvalue weighted by Crippen LogP contribution is -2.07. The molecular weight excluding hydrogens is 220 g/mol. The average Bonchev–Trinajstić information content (AvgIpc) is 2.63. The van der Waals surface area contributed by atoms with Crippen molar-refractivity contribution in [2.45, 2.75) is 13.2 Å². The van der Waals surface area contributed by atoms with Crippen LogP contribution in [0.2, 0.25) is 0 Å². The van der Waals surface area contributed by atoms with Crippen molar-refractivity contribution in [2.75, 3.05) is 0 Å². The normalized spacial score (nSPS) is 13.2. The van der Waals surface area contributed by atoms with Gasteiger partial charge in [-0.1, -0.05) is 18.2 Å². The van der Waals surface area contributed by atoms with Crippen LogP contribution in [0.3, 0.4) is 0 Å². The van der Waals surface area contributed by atoms with Gasteiger partial charge in [0.15, 0.2) is 5.69 Å². The molecular formula is C12H10N2O3. The third-order valence-corrected chi connectivity index (χ3v) is 2.83. The summed E-state index contributed by atoms with van der Waals surface area (Å²) in [5, 5.41) is 9.01. The van der Waals surface area contributed by atoms with Gasteiger partial charge in [0, 0.05) is 5.56 Å². The van der Waals surface area contributed by atoms with E-state index in [-0.39, 0.29) is 12.3 Å². The quantitative estimate of drug-likeness (QED) is 0.806. The van der Waals surface area contributed by atoms with E-state index in [2.05, 4.69) is 4.98 Å². The molecule has 0 aliphatic carbocycles. The number of fused-ring (bicyclic) bond motifs is 2. The molecule has 0 fully saturated rings. The standard InChI is InChI=1S/C12H10N2O3/c15-12(16)11-9-6-17-10-4-2-1-3-8(10)5-14(9)7-13-11/h1-4,7H,5-6H2,(H,15,16). The van der Waals surface area contributed by atoms with Gasteiger partial charge in [0.05, 0.1) is 18.6 Å². The molecule has 0 radical (unpaired) electrons. The molecule has 0 unspecified atom stereocenters. The molecule has 0 saturated heterocycles. The number of benzene rings is 1. The van der Waals surface area contributed by atoms with Gasteiger partial charge >= 0.3 is 5.97 Å². The summed E-state index contributed by atoms with van der Waals surface area (Å²) in [5.74, 6) is -0.221. The Labute approximate surface area is 97.3 Å². The van der Waals surface area contributed by atoms with Crippen LogP contribution in [0.1, 0.15) is 21.7 Å². The zero-order chi connectivity index (χ0) is 11.8. The molecule has 17 heavy (non-hydrogen) atoms. The third kappa shape index (κ3) is 1.56. The van der Waals surface area contributed by atoms with E-state index in [1.807, 2.05) is 28.8 Å². The van der Waals surface area contributed by atoms with Crippen molar-refractivity contribution in [3.63, 3.8) is 0 Å². The predicted molar refractivity (Wildman–Crippen MR) is 59.1 cm³/mol. The summed E-state index contributed by atoms with van der Waals surface area (Å²) in [4.78, 5) is 14.9. The highest BCUT2D eigenvalue weighted by atomic mass is 16.5. The molecule has 2 aromatic rings. The number of carboxylic acids is 1. The fraction of sp³-hybridized carbons (Fsp3) is 0.167. The maximum absolute atomic E-state index is 11.0. The van der Waals surface area contributed by atoms with Gasteiger partial charge in [0.2, 0.25) is 0 Å². The van der Waals surface area contributed by atoms with Crippen molar-refractivity contribution in [2.24, 2.45) is 0 Å². The topological polar surface area (TPSA) is 64.3 Å². The minimum Gasteiger partial charge on any atom is -0.487 e. The molecule has 1 aliphatic rings. The van der Waals surface area contributed by atoms with Crippen molar-refractivity contribution in [3.05, 3.63) is 47.5 Å². The number of imidazole rings is 1. The Hall–Kier alpha value is -2.30. The lowest BCUT2D eigenvalue weighted by Gasteiger charge is -2.04. The highest BCUT2D eigenvalue weighted by Gasteiger charge is 2.21. The summed E-state index contributed by atoms with van der Waals surface area (Å²) in [6.07, 6.45) is 1.55. The minimum absolute atomic E-state index is 0.0674. The number of hydrogen-bond acceptors (Lipinski definition) is 3. The van der Waals surface area contributed by atoms with E-state index in [1.165, 1.54) is 0 Å². The van der Waals surface area contributed by atoms with Crippen LogP contribution in [-0.4, -0.2) is 20.6 Å². The molecule has 2 heterocycles. The van der Waals surface area contributed by atoms with E-state index in [0.29, 0.717) is 12.2 Å². The first-order valence-electron chi connectivity index (χ1n) is 5.23. The summed E-state index contributed by atoms with van der Waals surface area (Å²) in [6, 6.07) is 7.68. The second-order valence-electron chi connectivity index (χ2n) is 3.87. The van der Waals surface area contributed by atoms with Gasteiger partial charge < -0.3 is 14.4 Å². The molecule has 0 amide bonds. The summed E-state index contributed by atoms with van der Waals surface area (Å²) in [5.41, 5.74) is 1.70. The molecule has 86 valence electrons. The lowest BCUT2D eigenvalue weighted by molar-refractivity contribution is 0.0687. The first kappa shape index (κ1) is 9.89. The maximum atomic E-state index is 11.0. The van der Waals surface area contributed by atoms with Crippen molar-refractivity contribution in [1.82, 2.24) is 9.55 Å². The van der Waals surface area contributed by atoms with Crippen LogP contribution in [0.5, 0.6) is 5.75 Å². The first-order valence-corrected chi connectivity index (χ1v) is 5.23. The van der Waals surface area contributed by atoms with Gasteiger partial charge in [-0.3, -0.25) is 0 Å². The summed E-state index contributed by atoms with van der Waals surface area (Å²) >= 11 is 0. The number of carboxylic acid groups (broad SMARTS) is 1. The van der Waals surface area contributed by atoms with E-state index in [0.717, 1.165) is 11.3 Å². The Balaban J connectivity index is 2.07.